The number of fused-ring (bicyclic) bond motifs is 1. The van der Waals surface area contributed by atoms with Gasteiger partial charge in [-0.05, 0) is 30.9 Å². The van der Waals surface area contributed by atoms with Crippen LogP contribution in [0.5, 0.6) is 11.5 Å². The number of alkyl halides is 1. The Bertz CT molecular complexity index is 639. The molecule has 0 fully saturated rings. The lowest BCUT2D eigenvalue weighted by Crippen LogP contribution is -2.12. The van der Waals surface area contributed by atoms with Gasteiger partial charge in [0.05, 0.1) is 13.2 Å². The van der Waals surface area contributed by atoms with Crippen LogP contribution in [-0.4, -0.2) is 18.5 Å². The minimum atomic E-state index is 0.632. The summed E-state index contributed by atoms with van der Waals surface area (Å²) < 4.78 is 12.2. The summed E-state index contributed by atoms with van der Waals surface area (Å²) in [6.07, 6.45) is 4.94. The summed E-state index contributed by atoms with van der Waals surface area (Å²) in [7, 11) is 0. The van der Waals surface area contributed by atoms with Crippen molar-refractivity contribution in [3.63, 3.8) is 0 Å². The van der Waals surface area contributed by atoms with Crippen molar-refractivity contribution in [3.8, 4) is 11.5 Å². The molecule has 0 N–H and O–H groups in total. The maximum atomic E-state index is 6.29. The third kappa shape index (κ3) is 4.89. The zero-order chi connectivity index (χ0) is 17.4. The highest BCUT2D eigenvalue weighted by Crippen LogP contribution is 2.37. The van der Waals surface area contributed by atoms with E-state index in [1.807, 2.05) is 0 Å². The highest BCUT2D eigenvalue weighted by Gasteiger charge is 2.14. The second kappa shape index (κ2) is 9.93. The van der Waals surface area contributed by atoms with Gasteiger partial charge in [0.25, 0.3) is 0 Å². The normalized spacial score (nSPS) is 12.3. The largest absolute Gasteiger partial charge is 0.492 e. The first-order chi connectivity index (χ1) is 11.7. The first-order valence-corrected chi connectivity index (χ1v) is 10.2. The monoisotopic (exact) mass is 392 g/mol. The Balaban J connectivity index is 2.25. The van der Waals surface area contributed by atoms with Crippen LogP contribution in [0.15, 0.2) is 30.3 Å². The quantitative estimate of drug-likeness (QED) is 0.428. The minimum absolute atomic E-state index is 0.632. The Labute approximate surface area is 154 Å². The molecule has 0 radical (unpaired) electrons. The molecule has 0 bridgehead atoms. The summed E-state index contributed by atoms with van der Waals surface area (Å²) in [6.45, 7) is 8.07. The zero-order valence-electron chi connectivity index (χ0n) is 15.1. The summed E-state index contributed by atoms with van der Waals surface area (Å²) in [4.78, 5) is 0. The molecule has 1 atom stereocenters. The van der Waals surface area contributed by atoms with Gasteiger partial charge in [0.2, 0.25) is 0 Å². The van der Waals surface area contributed by atoms with Crippen LogP contribution >= 0.6 is 15.9 Å². The highest BCUT2D eigenvalue weighted by molar-refractivity contribution is 9.09. The lowest BCUT2D eigenvalue weighted by atomic mass is 10.00. The second-order valence-corrected chi connectivity index (χ2v) is 7.12. The fourth-order valence-corrected chi connectivity index (χ4v) is 3.17. The van der Waals surface area contributed by atoms with Gasteiger partial charge in [0.1, 0.15) is 11.5 Å². The van der Waals surface area contributed by atoms with Crippen molar-refractivity contribution in [3.05, 3.63) is 35.9 Å². The lowest BCUT2D eigenvalue weighted by Gasteiger charge is -2.19. The van der Waals surface area contributed by atoms with Gasteiger partial charge in [-0.3, -0.25) is 0 Å². The van der Waals surface area contributed by atoms with Crippen LogP contribution in [0.1, 0.15) is 45.1 Å². The standard InChI is InChI=1S/C21H29BrO2/c1-4-6-9-17(5-2)15-24-21-16(3)14-20(23-13-12-22)18-10-7-8-11-19(18)21/h7-8,10-11,14,17H,4-6,9,12-13,15H2,1-3H3. The topological polar surface area (TPSA) is 18.5 Å². The van der Waals surface area contributed by atoms with E-state index in [0.29, 0.717) is 12.5 Å². The highest BCUT2D eigenvalue weighted by atomic mass is 79.9. The van der Waals surface area contributed by atoms with Crippen LogP contribution < -0.4 is 9.47 Å². The van der Waals surface area contributed by atoms with Crippen molar-refractivity contribution in [2.24, 2.45) is 5.92 Å². The van der Waals surface area contributed by atoms with Crippen molar-refractivity contribution in [1.29, 1.82) is 0 Å². The molecule has 24 heavy (non-hydrogen) atoms. The Morgan fingerprint density at radius 2 is 1.83 bits per heavy atom. The molecule has 132 valence electrons. The minimum Gasteiger partial charge on any atom is -0.492 e. The SMILES string of the molecule is CCCCC(CC)COc1c(C)cc(OCCBr)c2ccccc12. The molecule has 0 heterocycles. The second-order valence-electron chi connectivity index (χ2n) is 6.33. The Kier molecular flexibility index (Phi) is 7.90. The van der Waals surface area contributed by atoms with Gasteiger partial charge >= 0.3 is 0 Å². The van der Waals surface area contributed by atoms with E-state index in [-0.39, 0.29) is 0 Å². The molecule has 0 aliphatic rings. The predicted octanol–water partition coefficient (Wildman–Crippen LogP) is 6.52. The van der Waals surface area contributed by atoms with E-state index in [4.69, 9.17) is 9.47 Å². The molecular formula is C21H29BrO2. The molecule has 2 aromatic rings. The number of hydrogen-bond donors (Lipinski definition) is 0. The fraction of sp³-hybridized carbons (Fsp3) is 0.524. The number of unbranched alkanes of at least 4 members (excludes halogenated alkanes) is 1. The van der Waals surface area contributed by atoms with Gasteiger partial charge in [-0.2, -0.15) is 0 Å². The van der Waals surface area contributed by atoms with Crippen molar-refractivity contribution in [2.75, 3.05) is 18.5 Å². The molecule has 0 amide bonds. The van der Waals surface area contributed by atoms with E-state index in [0.717, 1.165) is 39.8 Å². The summed E-state index contributed by atoms with van der Waals surface area (Å²) in [6, 6.07) is 10.5. The van der Waals surface area contributed by atoms with E-state index in [1.165, 1.54) is 25.7 Å². The first-order valence-electron chi connectivity index (χ1n) is 9.05. The summed E-state index contributed by atoms with van der Waals surface area (Å²) in [5, 5.41) is 3.10. The number of hydrogen-bond acceptors (Lipinski definition) is 2. The molecule has 0 aromatic heterocycles. The van der Waals surface area contributed by atoms with Crippen LogP contribution in [-0.2, 0) is 0 Å². The number of rotatable bonds is 10. The average Bonchev–Trinajstić information content (AvgIpc) is 2.61. The molecule has 2 aromatic carbocycles. The Morgan fingerprint density at radius 1 is 1.08 bits per heavy atom. The molecule has 3 heteroatoms. The van der Waals surface area contributed by atoms with Crippen LogP contribution in [0, 0.1) is 12.8 Å². The molecule has 0 saturated carbocycles. The average molecular weight is 393 g/mol. The van der Waals surface area contributed by atoms with Crippen molar-refractivity contribution >= 4 is 26.7 Å². The Morgan fingerprint density at radius 3 is 2.50 bits per heavy atom. The molecule has 0 spiro atoms. The van der Waals surface area contributed by atoms with Gasteiger partial charge in [0.15, 0.2) is 0 Å². The molecule has 2 nitrogen and oxygen atoms in total. The van der Waals surface area contributed by atoms with E-state index >= 15 is 0 Å². The fourth-order valence-electron chi connectivity index (χ4n) is 3.01. The van der Waals surface area contributed by atoms with Gasteiger partial charge < -0.3 is 9.47 Å². The Hall–Kier alpha value is -1.22. The van der Waals surface area contributed by atoms with Crippen molar-refractivity contribution in [2.45, 2.75) is 46.5 Å². The summed E-state index contributed by atoms with van der Waals surface area (Å²) in [5.41, 5.74) is 1.14. The van der Waals surface area contributed by atoms with E-state index in [2.05, 4.69) is 67.0 Å². The van der Waals surface area contributed by atoms with E-state index < -0.39 is 0 Å². The maximum Gasteiger partial charge on any atom is 0.130 e. The number of aryl methyl sites for hydroxylation is 1. The third-order valence-corrected chi connectivity index (χ3v) is 4.81. The number of halogens is 1. The molecule has 1 unspecified atom stereocenters. The summed E-state index contributed by atoms with van der Waals surface area (Å²) >= 11 is 3.42. The predicted molar refractivity (Wildman–Crippen MR) is 107 cm³/mol. The first kappa shape index (κ1) is 19.1. The van der Waals surface area contributed by atoms with Crippen LogP contribution in [0.2, 0.25) is 0 Å². The molecule has 0 saturated heterocycles. The van der Waals surface area contributed by atoms with Gasteiger partial charge in [-0.1, -0.05) is 73.3 Å². The van der Waals surface area contributed by atoms with E-state index in [9.17, 15) is 0 Å². The van der Waals surface area contributed by atoms with Crippen LogP contribution in [0.3, 0.4) is 0 Å². The molecular weight excluding hydrogens is 364 g/mol. The maximum absolute atomic E-state index is 6.29. The smallest absolute Gasteiger partial charge is 0.130 e. The van der Waals surface area contributed by atoms with Crippen LogP contribution in [0.25, 0.3) is 10.8 Å². The van der Waals surface area contributed by atoms with Gasteiger partial charge in [-0.15, -0.1) is 0 Å². The van der Waals surface area contributed by atoms with Crippen molar-refractivity contribution < 1.29 is 9.47 Å². The number of benzene rings is 2. The molecule has 2 rings (SSSR count). The summed E-state index contributed by atoms with van der Waals surface area (Å²) in [5.74, 6) is 2.58. The van der Waals surface area contributed by atoms with Gasteiger partial charge in [-0.25, -0.2) is 0 Å². The van der Waals surface area contributed by atoms with E-state index in [1.54, 1.807) is 0 Å². The molecule has 0 aliphatic heterocycles. The van der Waals surface area contributed by atoms with Crippen LogP contribution in [0.4, 0.5) is 0 Å². The number of ether oxygens (including phenoxy) is 2. The van der Waals surface area contributed by atoms with Gasteiger partial charge in [0, 0.05) is 16.1 Å². The zero-order valence-corrected chi connectivity index (χ0v) is 16.7. The van der Waals surface area contributed by atoms with Crippen molar-refractivity contribution in [1.82, 2.24) is 0 Å². The lowest BCUT2D eigenvalue weighted by molar-refractivity contribution is 0.234. The third-order valence-electron chi connectivity index (χ3n) is 4.48. The molecule has 0 aliphatic carbocycles.